The summed E-state index contributed by atoms with van der Waals surface area (Å²) in [7, 11) is 0. The maximum Gasteiger partial charge on any atom is 0.219 e. The van der Waals surface area contributed by atoms with E-state index in [-0.39, 0.29) is 11.0 Å². The summed E-state index contributed by atoms with van der Waals surface area (Å²) in [5.41, 5.74) is 10.6. The monoisotopic (exact) mass is 479 g/mol. The largest absolute Gasteiger partial charge is 0.256 e. The molecule has 0 saturated carbocycles. The van der Waals surface area contributed by atoms with Gasteiger partial charge in [-0.3, -0.25) is 4.98 Å². The fraction of sp³-hybridized carbons (Fsp3) is 0.147. The molecule has 0 fully saturated rings. The van der Waals surface area contributed by atoms with Gasteiger partial charge in [0, 0.05) is 48.5 Å². The molecule has 0 amide bonds. The van der Waals surface area contributed by atoms with Gasteiger partial charge in [0.25, 0.3) is 0 Å². The normalized spacial score (nSPS) is 21.2. The van der Waals surface area contributed by atoms with Crippen molar-refractivity contribution in [2.75, 3.05) is 0 Å². The third-order valence-corrected chi connectivity index (χ3v) is 8.64. The van der Waals surface area contributed by atoms with E-state index in [1.165, 1.54) is 39.3 Å². The molecule has 2 aliphatic rings. The molecule has 0 bridgehead atoms. The second-order valence-electron chi connectivity index (χ2n) is 10.5. The summed E-state index contributed by atoms with van der Waals surface area (Å²) in [6, 6.07) is 34.6. The van der Waals surface area contributed by atoms with Gasteiger partial charge in [-0.25, -0.2) is 0 Å². The van der Waals surface area contributed by atoms with E-state index in [2.05, 4.69) is 138 Å². The SMILES string of the molecule is Cc1ccccc1-c1cc(-c2ccccn2)cc[n+]1C1=CC2(C)[n+]3ccccc3-c3ccccc3C12C. The van der Waals surface area contributed by atoms with Crippen LogP contribution in [0.2, 0.25) is 0 Å². The van der Waals surface area contributed by atoms with E-state index in [4.69, 9.17) is 0 Å². The van der Waals surface area contributed by atoms with Gasteiger partial charge in [-0.2, -0.15) is 9.13 Å². The van der Waals surface area contributed by atoms with Gasteiger partial charge in [0.05, 0.1) is 17.3 Å². The Hall–Kier alpha value is -4.37. The third-order valence-electron chi connectivity index (χ3n) is 8.64. The minimum Gasteiger partial charge on any atom is -0.256 e. The zero-order chi connectivity index (χ0) is 25.2. The number of nitrogens with zero attached hydrogens (tertiary/aromatic N) is 3. The molecule has 0 radical (unpaired) electrons. The Morgan fingerprint density at radius 3 is 2.27 bits per heavy atom. The van der Waals surface area contributed by atoms with Gasteiger partial charge in [-0.15, -0.1) is 0 Å². The minimum absolute atomic E-state index is 0.178. The number of allylic oxidation sites excluding steroid dienone is 2. The molecule has 1 aliphatic heterocycles. The smallest absolute Gasteiger partial charge is 0.219 e. The lowest BCUT2D eigenvalue weighted by atomic mass is 9.54. The van der Waals surface area contributed by atoms with Crippen LogP contribution >= 0.6 is 0 Å². The molecule has 2 atom stereocenters. The van der Waals surface area contributed by atoms with Gasteiger partial charge in [0.1, 0.15) is 5.41 Å². The summed E-state index contributed by atoms with van der Waals surface area (Å²) < 4.78 is 4.86. The van der Waals surface area contributed by atoms with Crippen LogP contribution in [0.25, 0.3) is 39.5 Å². The van der Waals surface area contributed by atoms with E-state index < -0.39 is 0 Å². The van der Waals surface area contributed by atoms with E-state index in [0.717, 1.165) is 11.3 Å². The highest BCUT2D eigenvalue weighted by Gasteiger charge is 2.70. The van der Waals surface area contributed by atoms with Gasteiger partial charge in [-0.05, 0) is 55.3 Å². The zero-order valence-corrected chi connectivity index (χ0v) is 21.4. The molecular weight excluding hydrogens is 450 g/mol. The number of benzene rings is 2. The molecule has 37 heavy (non-hydrogen) atoms. The first-order chi connectivity index (χ1) is 18.0. The van der Waals surface area contributed by atoms with Crippen molar-refractivity contribution in [3.63, 3.8) is 0 Å². The fourth-order valence-corrected chi connectivity index (χ4v) is 6.45. The fourth-order valence-electron chi connectivity index (χ4n) is 6.45. The van der Waals surface area contributed by atoms with E-state index in [1.807, 2.05) is 18.3 Å². The molecule has 0 N–H and O–H groups in total. The third kappa shape index (κ3) is 2.91. The number of aromatic nitrogens is 3. The van der Waals surface area contributed by atoms with Crippen molar-refractivity contribution in [3.05, 3.63) is 133 Å². The molecule has 178 valence electrons. The highest BCUT2D eigenvalue weighted by atomic mass is 15.1. The first-order valence-electron chi connectivity index (χ1n) is 12.9. The summed E-state index contributed by atoms with van der Waals surface area (Å²) >= 11 is 0. The molecule has 3 nitrogen and oxygen atoms in total. The van der Waals surface area contributed by atoms with Crippen LogP contribution in [0, 0.1) is 6.92 Å². The molecule has 7 rings (SSSR count). The number of rotatable bonds is 3. The number of fused-ring (bicyclic) bond motifs is 6. The second-order valence-corrected chi connectivity index (χ2v) is 10.5. The van der Waals surface area contributed by atoms with Crippen LogP contribution in [0.15, 0.2) is 122 Å². The zero-order valence-electron chi connectivity index (χ0n) is 21.4. The number of aryl methyl sites for hydroxylation is 1. The topological polar surface area (TPSA) is 20.6 Å². The predicted molar refractivity (Wildman–Crippen MR) is 147 cm³/mol. The Bertz CT molecular complexity index is 1720. The Balaban J connectivity index is 1.50. The quantitative estimate of drug-likeness (QED) is 0.270. The molecule has 3 heteroatoms. The molecule has 1 aliphatic carbocycles. The first-order valence-corrected chi connectivity index (χ1v) is 12.9. The second kappa shape index (κ2) is 7.81. The van der Waals surface area contributed by atoms with Crippen LogP contribution in [0.4, 0.5) is 0 Å². The minimum atomic E-state index is -0.211. The molecule has 4 heterocycles. The summed E-state index contributed by atoms with van der Waals surface area (Å²) in [4.78, 5) is 4.63. The number of hydrogen-bond acceptors (Lipinski definition) is 1. The van der Waals surface area contributed by atoms with Crippen LogP contribution in [0.1, 0.15) is 25.0 Å². The molecule has 0 spiro atoms. The molecular formula is C34H29N3+2. The Morgan fingerprint density at radius 2 is 1.46 bits per heavy atom. The average Bonchev–Trinajstić information content (AvgIpc) is 2.95. The van der Waals surface area contributed by atoms with Gasteiger partial charge >= 0.3 is 0 Å². The van der Waals surface area contributed by atoms with Crippen molar-refractivity contribution >= 4 is 5.70 Å². The average molecular weight is 480 g/mol. The van der Waals surface area contributed by atoms with Crippen LogP contribution < -0.4 is 9.13 Å². The molecule has 5 aromatic rings. The van der Waals surface area contributed by atoms with Gasteiger partial charge in [-0.1, -0.05) is 42.5 Å². The summed E-state index contributed by atoms with van der Waals surface area (Å²) in [6.07, 6.45) is 8.77. The van der Waals surface area contributed by atoms with Crippen LogP contribution in [-0.2, 0) is 11.0 Å². The van der Waals surface area contributed by atoms with Crippen molar-refractivity contribution in [1.29, 1.82) is 0 Å². The number of pyridine rings is 3. The van der Waals surface area contributed by atoms with E-state index in [0.29, 0.717) is 0 Å². The molecule has 3 aromatic heterocycles. The Kier molecular flexibility index (Phi) is 4.62. The highest BCUT2D eigenvalue weighted by Crippen LogP contribution is 2.57. The maximum absolute atomic E-state index is 4.63. The van der Waals surface area contributed by atoms with Gasteiger partial charge in [0.2, 0.25) is 22.6 Å². The standard InChI is InChI=1S/C34H29N3/c1-24-12-4-5-13-26(24)31-22-25(29-16-8-10-19-35-29)18-21-36(31)32-23-33(2)34(32,3)28-15-7-6-14-27(28)30-17-9-11-20-37(30)33/h4-23H,1-3H3/q+2. The van der Waals surface area contributed by atoms with Gasteiger partial charge in [0.15, 0.2) is 12.4 Å². The van der Waals surface area contributed by atoms with Crippen molar-refractivity contribution in [3.8, 4) is 33.8 Å². The number of hydrogen-bond donors (Lipinski definition) is 0. The first kappa shape index (κ1) is 21.9. The van der Waals surface area contributed by atoms with Crippen molar-refractivity contribution in [1.82, 2.24) is 4.98 Å². The summed E-state index contributed by atoms with van der Waals surface area (Å²) in [5.74, 6) is 0. The Labute approximate surface area is 218 Å². The summed E-state index contributed by atoms with van der Waals surface area (Å²) in [5, 5.41) is 0. The predicted octanol–water partition coefficient (Wildman–Crippen LogP) is 6.51. The van der Waals surface area contributed by atoms with E-state index in [1.54, 1.807) is 0 Å². The van der Waals surface area contributed by atoms with Crippen LogP contribution in [0.5, 0.6) is 0 Å². The van der Waals surface area contributed by atoms with Crippen molar-refractivity contribution < 1.29 is 9.13 Å². The molecule has 2 unspecified atom stereocenters. The highest BCUT2D eigenvalue weighted by molar-refractivity contribution is 5.78. The summed E-state index contributed by atoms with van der Waals surface area (Å²) in [6.45, 7) is 6.97. The Morgan fingerprint density at radius 1 is 0.703 bits per heavy atom. The maximum atomic E-state index is 4.63. The van der Waals surface area contributed by atoms with E-state index in [9.17, 15) is 0 Å². The van der Waals surface area contributed by atoms with Crippen molar-refractivity contribution in [2.24, 2.45) is 0 Å². The lowest BCUT2D eigenvalue weighted by molar-refractivity contribution is -0.760. The van der Waals surface area contributed by atoms with E-state index >= 15 is 0 Å². The van der Waals surface area contributed by atoms with Crippen LogP contribution in [-0.4, -0.2) is 4.98 Å². The van der Waals surface area contributed by atoms with Crippen molar-refractivity contribution in [2.45, 2.75) is 31.7 Å². The lowest BCUT2D eigenvalue weighted by Crippen LogP contribution is -2.74. The molecule has 0 saturated heterocycles. The van der Waals surface area contributed by atoms with Gasteiger partial charge < -0.3 is 0 Å². The molecule has 2 aromatic carbocycles. The van der Waals surface area contributed by atoms with Crippen LogP contribution in [0.3, 0.4) is 0 Å². The lowest BCUT2D eigenvalue weighted by Gasteiger charge is -2.49.